The molecule has 27 heavy (non-hydrogen) atoms. The maximum atomic E-state index is 12.3. The minimum absolute atomic E-state index is 0.112. The average molecular weight is 367 g/mol. The molecule has 0 aromatic heterocycles. The third-order valence-corrected chi connectivity index (χ3v) is 4.50. The second-order valence-electron chi connectivity index (χ2n) is 7.04. The number of amides is 2. The van der Waals surface area contributed by atoms with E-state index in [-0.39, 0.29) is 24.4 Å². The van der Waals surface area contributed by atoms with Crippen LogP contribution in [0, 0.1) is 20.8 Å². The summed E-state index contributed by atoms with van der Waals surface area (Å²) in [6.07, 6.45) is 0.867. The summed E-state index contributed by atoms with van der Waals surface area (Å²) < 4.78 is 0. The van der Waals surface area contributed by atoms with Gasteiger partial charge in [-0.3, -0.25) is 9.59 Å². The van der Waals surface area contributed by atoms with Gasteiger partial charge in [0.15, 0.2) is 0 Å². The number of hydrogen-bond acceptors (Lipinski definition) is 3. The molecule has 0 aliphatic carbocycles. The van der Waals surface area contributed by atoms with Crippen molar-refractivity contribution in [1.29, 1.82) is 0 Å². The van der Waals surface area contributed by atoms with Crippen molar-refractivity contribution < 1.29 is 9.59 Å². The summed E-state index contributed by atoms with van der Waals surface area (Å²) in [6, 6.07) is 11.3. The van der Waals surface area contributed by atoms with Gasteiger partial charge < -0.3 is 16.0 Å². The zero-order valence-electron chi connectivity index (χ0n) is 16.8. The molecule has 0 aliphatic heterocycles. The van der Waals surface area contributed by atoms with Crippen LogP contribution in [0.3, 0.4) is 0 Å². The number of carbonyl (C=O) groups excluding carboxylic acids is 2. The maximum Gasteiger partial charge on any atom is 0.251 e. The Kier molecular flexibility index (Phi) is 6.99. The van der Waals surface area contributed by atoms with E-state index in [4.69, 9.17) is 0 Å². The molecule has 0 aliphatic rings. The molecule has 1 unspecified atom stereocenters. The lowest BCUT2D eigenvalue weighted by atomic mass is 10.1. The molecule has 0 heterocycles. The average Bonchev–Trinajstić information content (AvgIpc) is 2.60. The molecule has 0 spiro atoms. The summed E-state index contributed by atoms with van der Waals surface area (Å²) in [5, 5.41) is 8.98. The molecule has 5 heteroatoms. The Bertz CT molecular complexity index is 807. The molecule has 2 amide bonds. The minimum Gasteiger partial charge on any atom is -0.376 e. The molecule has 0 saturated carbocycles. The molecule has 0 saturated heterocycles. The van der Waals surface area contributed by atoms with Crippen LogP contribution in [-0.4, -0.2) is 24.4 Å². The van der Waals surface area contributed by atoms with Crippen molar-refractivity contribution in [2.24, 2.45) is 0 Å². The van der Waals surface area contributed by atoms with Crippen LogP contribution < -0.4 is 16.0 Å². The zero-order chi connectivity index (χ0) is 20.0. The molecular formula is C22H29N3O2. The molecule has 0 bridgehead atoms. The predicted molar refractivity (Wildman–Crippen MR) is 111 cm³/mol. The number of benzene rings is 2. The van der Waals surface area contributed by atoms with Gasteiger partial charge in [-0.25, -0.2) is 0 Å². The lowest BCUT2D eigenvalue weighted by Gasteiger charge is -2.14. The van der Waals surface area contributed by atoms with Gasteiger partial charge in [0.25, 0.3) is 5.91 Å². The molecule has 0 radical (unpaired) electrons. The standard InChI is InChI=1S/C22H29N3O2/c1-6-17(5)24-22(27)18-8-7-9-19(12-18)25-20(26)13-23-21-15(3)10-14(2)11-16(21)4/h7-12,17,23H,6,13H2,1-5H3,(H,24,27)(H,25,26). The van der Waals surface area contributed by atoms with E-state index >= 15 is 0 Å². The predicted octanol–water partition coefficient (Wildman–Crippen LogP) is 4.19. The molecule has 2 aromatic carbocycles. The van der Waals surface area contributed by atoms with Crippen molar-refractivity contribution in [1.82, 2.24) is 5.32 Å². The van der Waals surface area contributed by atoms with E-state index in [1.54, 1.807) is 24.3 Å². The van der Waals surface area contributed by atoms with Crippen molar-refractivity contribution in [2.75, 3.05) is 17.2 Å². The summed E-state index contributed by atoms with van der Waals surface area (Å²) in [7, 11) is 0. The molecule has 2 rings (SSSR count). The highest BCUT2D eigenvalue weighted by atomic mass is 16.2. The SMILES string of the molecule is CCC(C)NC(=O)c1cccc(NC(=O)CNc2c(C)cc(C)cc2C)c1. The van der Waals surface area contributed by atoms with Gasteiger partial charge in [-0.2, -0.15) is 0 Å². The van der Waals surface area contributed by atoms with E-state index in [1.165, 1.54) is 5.56 Å². The summed E-state index contributed by atoms with van der Waals surface area (Å²) in [4.78, 5) is 24.5. The van der Waals surface area contributed by atoms with Gasteiger partial charge in [0, 0.05) is 23.0 Å². The first-order chi connectivity index (χ1) is 12.8. The fourth-order valence-electron chi connectivity index (χ4n) is 2.98. The Balaban J connectivity index is 1.98. The highest BCUT2D eigenvalue weighted by Crippen LogP contribution is 2.21. The van der Waals surface area contributed by atoms with Crippen LogP contribution in [0.15, 0.2) is 36.4 Å². The first kappa shape index (κ1) is 20.5. The quantitative estimate of drug-likeness (QED) is 0.687. The number of hydrogen-bond donors (Lipinski definition) is 3. The number of rotatable bonds is 7. The van der Waals surface area contributed by atoms with E-state index in [9.17, 15) is 9.59 Å². The van der Waals surface area contributed by atoms with Crippen LogP contribution in [0.25, 0.3) is 0 Å². The van der Waals surface area contributed by atoms with Crippen LogP contribution in [0.2, 0.25) is 0 Å². The van der Waals surface area contributed by atoms with Crippen LogP contribution in [0.4, 0.5) is 11.4 Å². The van der Waals surface area contributed by atoms with Gasteiger partial charge in [-0.15, -0.1) is 0 Å². The zero-order valence-corrected chi connectivity index (χ0v) is 16.8. The van der Waals surface area contributed by atoms with Crippen LogP contribution >= 0.6 is 0 Å². The molecular weight excluding hydrogens is 338 g/mol. The third kappa shape index (κ3) is 5.84. The fourth-order valence-corrected chi connectivity index (χ4v) is 2.98. The number of nitrogens with one attached hydrogen (secondary N) is 3. The first-order valence-corrected chi connectivity index (χ1v) is 9.32. The van der Waals surface area contributed by atoms with E-state index in [2.05, 4.69) is 35.0 Å². The fraction of sp³-hybridized carbons (Fsp3) is 0.364. The summed E-state index contributed by atoms with van der Waals surface area (Å²) in [5.74, 6) is -0.293. The smallest absolute Gasteiger partial charge is 0.251 e. The van der Waals surface area contributed by atoms with Crippen LogP contribution in [-0.2, 0) is 4.79 Å². The Labute approximate surface area is 161 Å². The first-order valence-electron chi connectivity index (χ1n) is 9.32. The van der Waals surface area contributed by atoms with Gasteiger partial charge in [0.1, 0.15) is 0 Å². The second-order valence-corrected chi connectivity index (χ2v) is 7.04. The molecule has 2 aromatic rings. The Morgan fingerprint density at radius 3 is 2.33 bits per heavy atom. The second kappa shape index (κ2) is 9.21. The summed E-state index contributed by atoms with van der Waals surface area (Å²) in [6.45, 7) is 10.3. The largest absolute Gasteiger partial charge is 0.376 e. The van der Waals surface area contributed by atoms with E-state index in [0.717, 1.165) is 23.2 Å². The highest BCUT2D eigenvalue weighted by molar-refractivity contribution is 5.98. The summed E-state index contributed by atoms with van der Waals surface area (Å²) >= 11 is 0. The lowest BCUT2D eigenvalue weighted by Crippen LogP contribution is -2.32. The molecule has 3 N–H and O–H groups in total. The van der Waals surface area contributed by atoms with Gasteiger partial charge in [0.2, 0.25) is 5.91 Å². The lowest BCUT2D eigenvalue weighted by molar-refractivity contribution is -0.114. The highest BCUT2D eigenvalue weighted by Gasteiger charge is 2.11. The van der Waals surface area contributed by atoms with Gasteiger partial charge in [0.05, 0.1) is 6.54 Å². The van der Waals surface area contributed by atoms with Crippen molar-refractivity contribution in [3.8, 4) is 0 Å². The van der Waals surface area contributed by atoms with Gasteiger partial charge in [-0.1, -0.05) is 30.7 Å². The van der Waals surface area contributed by atoms with E-state index < -0.39 is 0 Å². The third-order valence-electron chi connectivity index (χ3n) is 4.50. The van der Waals surface area contributed by atoms with Crippen molar-refractivity contribution in [2.45, 2.75) is 47.1 Å². The van der Waals surface area contributed by atoms with Crippen molar-refractivity contribution in [3.63, 3.8) is 0 Å². The Morgan fingerprint density at radius 1 is 1.04 bits per heavy atom. The molecule has 144 valence electrons. The molecule has 5 nitrogen and oxygen atoms in total. The number of anilines is 2. The van der Waals surface area contributed by atoms with Crippen LogP contribution in [0.1, 0.15) is 47.3 Å². The minimum atomic E-state index is -0.158. The molecule has 1 atom stereocenters. The van der Waals surface area contributed by atoms with E-state index in [1.807, 2.05) is 27.7 Å². The van der Waals surface area contributed by atoms with Gasteiger partial charge in [-0.05, 0) is 63.4 Å². The number of carbonyl (C=O) groups is 2. The van der Waals surface area contributed by atoms with E-state index in [0.29, 0.717) is 11.3 Å². The van der Waals surface area contributed by atoms with Crippen molar-refractivity contribution >= 4 is 23.2 Å². The Morgan fingerprint density at radius 2 is 1.70 bits per heavy atom. The Hall–Kier alpha value is -2.82. The van der Waals surface area contributed by atoms with Gasteiger partial charge >= 0.3 is 0 Å². The normalized spacial score (nSPS) is 11.6. The topological polar surface area (TPSA) is 70.2 Å². The van der Waals surface area contributed by atoms with Crippen LogP contribution in [0.5, 0.6) is 0 Å². The monoisotopic (exact) mass is 367 g/mol. The maximum absolute atomic E-state index is 12.3. The summed E-state index contributed by atoms with van der Waals surface area (Å²) in [5.41, 5.74) is 5.56. The van der Waals surface area contributed by atoms with Crippen molar-refractivity contribution in [3.05, 3.63) is 58.7 Å². The number of aryl methyl sites for hydroxylation is 3. The molecule has 0 fully saturated rings.